The molecule has 0 aliphatic heterocycles. The molecule has 5 nitrogen and oxygen atoms in total. The highest BCUT2D eigenvalue weighted by molar-refractivity contribution is 6.25. The first kappa shape index (κ1) is 14.3. The van der Waals surface area contributed by atoms with Crippen LogP contribution in [0.2, 0.25) is 0 Å². The normalized spacial score (nSPS) is 19.6. The predicted octanol–water partition coefficient (Wildman–Crippen LogP) is 2.65. The number of methoxy groups -OCH3 is 1. The number of ketones is 2. The van der Waals surface area contributed by atoms with E-state index in [1.165, 1.54) is 14.2 Å². The number of hydrogen-bond acceptors (Lipinski definition) is 5. The van der Waals surface area contributed by atoms with E-state index >= 15 is 0 Å². The van der Waals surface area contributed by atoms with Gasteiger partial charge in [-0.25, -0.2) is 0 Å². The van der Waals surface area contributed by atoms with E-state index in [0.29, 0.717) is 16.9 Å². The number of benzene rings is 1. The van der Waals surface area contributed by atoms with Gasteiger partial charge in [-0.3, -0.25) is 9.59 Å². The summed E-state index contributed by atoms with van der Waals surface area (Å²) < 4.78 is 5.28. The van der Waals surface area contributed by atoms with Crippen LogP contribution in [0, 0.1) is 5.92 Å². The zero-order valence-electron chi connectivity index (χ0n) is 12.2. The Bertz CT molecular complexity index is 739. The molecule has 0 saturated heterocycles. The lowest BCUT2D eigenvalue weighted by Crippen LogP contribution is -2.30. The Morgan fingerprint density at radius 3 is 2.64 bits per heavy atom. The van der Waals surface area contributed by atoms with Crippen LogP contribution in [0.15, 0.2) is 53.8 Å². The van der Waals surface area contributed by atoms with Crippen LogP contribution in [0.5, 0.6) is 5.75 Å². The maximum atomic E-state index is 12.9. The summed E-state index contributed by atoms with van der Waals surface area (Å²) in [4.78, 5) is 35.4. The molecular formula is C17H14O5. The summed E-state index contributed by atoms with van der Waals surface area (Å²) in [5, 5.41) is 0. The lowest BCUT2D eigenvalue weighted by atomic mass is 9.77. The summed E-state index contributed by atoms with van der Waals surface area (Å²) >= 11 is 0. The van der Waals surface area contributed by atoms with E-state index in [-0.39, 0.29) is 22.9 Å². The lowest BCUT2D eigenvalue weighted by molar-refractivity contribution is -0.178. The molecule has 0 radical (unpaired) electrons. The van der Waals surface area contributed by atoms with Gasteiger partial charge in [-0.2, -0.15) is 4.89 Å². The van der Waals surface area contributed by atoms with Gasteiger partial charge in [-0.05, 0) is 12.1 Å². The van der Waals surface area contributed by atoms with Crippen molar-refractivity contribution < 1.29 is 24.1 Å². The van der Waals surface area contributed by atoms with Crippen LogP contribution in [0.1, 0.15) is 20.7 Å². The molecular weight excluding hydrogens is 284 g/mol. The Labute approximate surface area is 127 Å². The molecule has 0 amide bonds. The molecule has 0 saturated carbocycles. The monoisotopic (exact) mass is 298 g/mol. The van der Waals surface area contributed by atoms with E-state index < -0.39 is 5.92 Å². The van der Waals surface area contributed by atoms with Crippen molar-refractivity contribution in [1.82, 2.24) is 0 Å². The minimum absolute atomic E-state index is 0.166. The van der Waals surface area contributed by atoms with Gasteiger partial charge >= 0.3 is 0 Å². The second-order valence-corrected chi connectivity index (χ2v) is 4.83. The highest BCUT2D eigenvalue weighted by Crippen LogP contribution is 2.38. The van der Waals surface area contributed by atoms with Crippen LogP contribution < -0.4 is 4.89 Å². The molecule has 0 spiro atoms. The van der Waals surface area contributed by atoms with E-state index in [4.69, 9.17) is 9.62 Å². The van der Waals surface area contributed by atoms with E-state index in [2.05, 4.69) is 4.89 Å². The van der Waals surface area contributed by atoms with Crippen LogP contribution in [0.25, 0.3) is 0 Å². The van der Waals surface area contributed by atoms with Gasteiger partial charge in [0.05, 0.1) is 31.3 Å². The molecule has 3 rings (SSSR count). The number of ether oxygens (including phenoxy) is 1. The fourth-order valence-corrected chi connectivity index (χ4v) is 2.74. The molecule has 0 bridgehead atoms. The third kappa shape index (κ3) is 2.07. The van der Waals surface area contributed by atoms with Crippen molar-refractivity contribution in [2.24, 2.45) is 5.92 Å². The maximum absolute atomic E-state index is 12.9. The van der Waals surface area contributed by atoms with Crippen LogP contribution in [0.3, 0.4) is 0 Å². The van der Waals surface area contributed by atoms with E-state index in [9.17, 15) is 9.59 Å². The Morgan fingerprint density at radius 2 is 1.91 bits per heavy atom. The molecule has 1 atom stereocenters. The number of allylic oxidation sites excluding steroid dienone is 5. The van der Waals surface area contributed by atoms with Gasteiger partial charge in [0, 0.05) is 5.56 Å². The second-order valence-electron chi connectivity index (χ2n) is 4.83. The first-order valence-corrected chi connectivity index (χ1v) is 6.74. The van der Waals surface area contributed by atoms with Crippen LogP contribution >= 0.6 is 0 Å². The summed E-state index contributed by atoms with van der Waals surface area (Å²) in [5.74, 6) is -0.508. The Balaban J connectivity index is 2.27. The van der Waals surface area contributed by atoms with Gasteiger partial charge in [0.1, 0.15) is 5.76 Å². The minimum Gasteiger partial charge on any atom is -0.496 e. The Hall–Kier alpha value is -2.66. The van der Waals surface area contributed by atoms with E-state index in [1.807, 2.05) is 0 Å². The molecule has 0 fully saturated rings. The number of rotatable bonds is 3. The zero-order valence-corrected chi connectivity index (χ0v) is 12.2. The molecule has 0 aromatic heterocycles. The second kappa shape index (κ2) is 5.61. The topological polar surface area (TPSA) is 61.8 Å². The van der Waals surface area contributed by atoms with Gasteiger partial charge in [0.15, 0.2) is 17.3 Å². The highest BCUT2D eigenvalue weighted by Gasteiger charge is 2.40. The molecule has 1 aromatic rings. The van der Waals surface area contributed by atoms with Gasteiger partial charge in [0.25, 0.3) is 0 Å². The van der Waals surface area contributed by atoms with Crippen molar-refractivity contribution in [3.8, 4) is 5.75 Å². The van der Waals surface area contributed by atoms with Crippen molar-refractivity contribution in [1.29, 1.82) is 0 Å². The maximum Gasteiger partial charge on any atom is 0.198 e. The van der Waals surface area contributed by atoms with Crippen molar-refractivity contribution >= 4 is 11.6 Å². The first-order valence-electron chi connectivity index (χ1n) is 6.74. The average Bonchev–Trinajstić information content (AvgIpc) is 2.75. The molecule has 1 aromatic carbocycles. The van der Waals surface area contributed by atoms with Crippen LogP contribution in [0.4, 0.5) is 0 Å². The molecule has 112 valence electrons. The van der Waals surface area contributed by atoms with Gasteiger partial charge in [-0.1, -0.05) is 30.4 Å². The molecule has 22 heavy (non-hydrogen) atoms. The van der Waals surface area contributed by atoms with E-state index in [1.54, 1.807) is 42.5 Å². The summed E-state index contributed by atoms with van der Waals surface area (Å²) in [6.07, 6.45) is 6.84. The van der Waals surface area contributed by atoms with Crippen LogP contribution in [-0.4, -0.2) is 25.8 Å². The molecule has 0 heterocycles. The Morgan fingerprint density at radius 1 is 1.09 bits per heavy atom. The summed E-state index contributed by atoms with van der Waals surface area (Å²) in [5.41, 5.74) is 0.853. The summed E-state index contributed by atoms with van der Waals surface area (Å²) in [6, 6.07) is 4.86. The fourth-order valence-electron chi connectivity index (χ4n) is 2.74. The van der Waals surface area contributed by atoms with Gasteiger partial charge in [0.2, 0.25) is 0 Å². The quantitative estimate of drug-likeness (QED) is 0.634. The largest absolute Gasteiger partial charge is 0.496 e. The third-order valence-electron chi connectivity index (χ3n) is 3.68. The third-order valence-corrected chi connectivity index (χ3v) is 3.68. The standard InChI is InChI=1S/C17H14O5/c1-20-12-8-4-3-6-10-14(12)17(19)15-11(16(10)18)7-5-9-13(15)22-21-2/h3-10H,1-2H3. The van der Waals surface area contributed by atoms with Crippen molar-refractivity contribution in [3.05, 3.63) is 65.0 Å². The number of fused-ring (bicyclic) bond motifs is 2. The molecule has 5 heteroatoms. The number of carbonyl (C=O) groups excluding carboxylic acids is 2. The molecule has 2 aliphatic carbocycles. The van der Waals surface area contributed by atoms with Crippen molar-refractivity contribution in [2.75, 3.05) is 14.2 Å². The van der Waals surface area contributed by atoms with Crippen LogP contribution in [-0.2, 0) is 9.62 Å². The zero-order chi connectivity index (χ0) is 15.7. The van der Waals surface area contributed by atoms with Crippen molar-refractivity contribution in [3.63, 3.8) is 0 Å². The van der Waals surface area contributed by atoms with E-state index in [0.717, 1.165) is 0 Å². The number of carbonyl (C=O) groups is 2. The van der Waals surface area contributed by atoms with Gasteiger partial charge in [-0.15, -0.1) is 0 Å². The highest BCUT2D eigenvalue weighted by atomic mass is 17.2. The first-order chi connectivity index (χ1) is 10.7. The Kier molecular flexibility index (Phi) is 3.65. The average molecular weight is 298 g/mol. The van der Waals surface area contributed by atoms with Crippen molar-refractivity contribution in [2.45, 2.75) is 0 Å². The fraction of sp³-hybridized carbons (Fsp3) is 0.176. The molecule has 2 aliphatic rings. The number of Topliss-reactive ketones (excluding diaryl/α,β-unsaturated/α-hetero) is 2. The lowest BCUT2D eigenvalue weighted by Gasteiger charge is -2.25. The molecule has 1 unspecified atom stereocenters. The minimum atomic E-state index is -0.650. The number of hydrogen-bond donors (Lipinski definition) is 0. The summed E-state index contributed by atoms with van der Waals surface area (Å²) in [7, 11) is 2.81. The molecule has 0 N–H and O–H groups in total. The summed E-state index contributed by atoms with van der Waals surface area (Å²) in [6.45, 7) is 0. The SMILES string of the molecule is COOc1cccc2c1C(=O)C1=C(OC)C=CC=CC1C2=O. The van der Waals surface area contributed by atoms with Gasteiger partial charge < -0.3 is 9.62 Å². The predicted molar refractivity (Wildman–Crippen MR) is 78.5 cm³/mol. The smallest absolute Gasteiger partial charge is 0.198 e.